The largest absolute Gasteiger partial charge is 0.488 e. The van der Waals surface area contributed by atoms with Crippen LogP contribution >= 0.6 is 23.2 Å². The van der Waals surface area contributed by atoms with Gasteiger partial charge in [-0.15, -0.1) is 0 Å². The highest BCUT2D eigenvalue weighted by Crippen LogP contribution is 2.32. The summed E-state index contributed by atoms with van der Waals surface area (Å²) in [6.45, 7) is -0.164. The molecule has 0 fully saturated rings. The van der Waals surface area contributed by atoms with Crippen LogP contribution in [0, 0.1) is 0 Å². The molecule has 148 valence electrons. The Morgan fingerprint density at radius 2 is 1.79 bits per heavy atom. The normalized spacial score (nSPS) is 12.2. The molecule has 4 aromatic rings. The maximum atomic E-state index is 12.7. The standard InChI is InChI=1S/C20H16Cl2N4O3/c21-16-7-4-8-17(22)19(16)29-12-15(27)11-26-20(28)18-13(9-23-26)10-25(24-18)14-5-2-1-3-6-14/h1-10,15,27H,11-12H2. The Bertz CT molecular complexity index is 1190. The zero-order valence-electron chi connectivity index (χ0n) is 15.1. The van der Waals surface area contributed by atoms with Gasteiger partial charge < -0.3 is 9.84 Å². The van der Waals surface area contributed by atoms with E-state index in [1.165, 1.54) is 0 Å². The number of aromatic nitrogens is 4. The minimum atomic E-state index is -0.999. The second-order valence-electron chi connectivity index (χ2n) is 6.36. The van der Waals surface area contributed by atoms with E-state index in [4.69, 9.17) is 27.9 Å². The van der Waals surface area contributed by atoms with E-state index in [1.54, 1.807) is 35.3 Å². The number of nitrogens with zero attached hydrogens (tertiary/aromatic N) is 4. The lowest BCUT2D eigenvalue weighted by Gasteiger charge is -2.14. The quantitative estimate of drug-likeness (QED) is 0.507. The number of hydrogen-bond acceptors (Lipinski definition) is 5. The molecule has 2 aromatic heterocycles. The van der Waals surface area contributed by atoms with Crippen molar-refractivity contribution in [1.29, 1.82) is 0 Å². The van der Waals surface area contributed by atoms with Crippen molar-refractivity contribution in [3.8, 4) is 11.4 Å². The minimum Gasteiger partial charge on any atom is -0.488 e. The number of ether oxygens (including phenoxy) is 1. The topological polar surface area (TPSA) is 82.2 Å². The van der Waals surface area contributed by atoms with Gasteiger partial charge in [-0.05, 0) is 24.3 Å². The van der Waals surface area contributed by atoms with Crippen LogP contribution in [0.15, 0.2) is 65.7 Å². The van der Waals surface area contributed by atoms with Gasteiger partial charge in [-0.2, -0.15) is 10.2 Å². The first kappa shape index (κ1) is 19.4. The van der Waals surface area contributed by atoms with Crippen LogP contribution in [-0.2, 0) is 6.54 Å². The van der Waals surface area contributed by atoms with Crippen LogP contribution in [0.3, 0.4) is 0 Å². The molecule has 0 saturated heterocycles. The highest BCUT2D eigenvalue weighted by Gasteiger charge is 2.15. The molecule has 0 aliphatic rings. The van der Waals surface area contributed by atoms with Crippen LogP contribution in [-0.4, -0.2) is 37.4 Å². The van der Waals surface area contributed by atoms with Gasteiger partial charge in [-0.1, -0.05) is 47.5 Å². The molecule has 0 spiro atoms. The first-order chi connectivity index (χ1) is 14.0. The Labute approximate surface area is 175 Å². The number of aliphatic hydroxyl groups excluding tert-OH is 1. The van der Waals surface area contributed by atoms with Crippen LogP contribution in [0.1, 0.15) is 0 Å². The Hall–Kier alpha value is -2.87. The summed E-state index contributed by atoms with van der Waals surface area (Å²) < 4.78 is 8.30. The number of rotatable bonds is 6. The lowest BCUT2D eigenvalue weighted by molar-refractivity contribution is 0.0882. The molecule has 0 amide bonds. The fourth-order valence-electron chi connectivity index (χ4n) is 2.85. The van der Waals surface area contributed by atoms with Gasteiger partial charge in [0, 0.05) is 11.6 Å². The minimum absolute atomic E-state index is 0.0605. The van der Waals surface area contributed by atoms with Crippen LogP contribution in [0.25, 0.3) is 16.6 Å². The summed E-state index contributed by atoms with van der Waals surface area (Å²) in [6.07, 6.45) is 2.28. The van der Waals surface area contributed by atoms with Gasteiger partial charge in [0.2, 0.25) is 0 Å². The molecular formula is C20H16Cl2N4O3. The Morgan fingerprint density at radius 1 is 1.07 bits per heavy atom. The molecule has 4 rings (SSSR count). The lowest BCUT2D eigenvalue weighted by Crippen LogP contribution is -2.32. The zero-order chi connectivity index (χ0) is 20.4. The number of para-hydroxylation sites is 2. The molecule has 29 heavy (non-hydrogen) atoms. The lowest BCUT2D eigenvalue weighted by atomic mass is 10.3. The van der Waals surface area contributed by atoms with Crippen molar-refractivity contribution < 1.29 is 9.84 Å². The maximum absolute atomic E-state index is 12.7. The Morgan fingerprint density at radius 3 is 2.52 bits per heavy atom. The van der Waals surface area contributed by atoms with E-state index in [1.807, 2.05) is 30.3 Å². The van der Waals surface area contributed by atoms with Gasteiger partial charge >= 0.3 is 0 Å². The third-order valence-corrected chi connectivity index (χ3v) is 4.85. The summed E-state index contributed by atoms with van der Waals surface area (Å²) in [6, 6.07) is 14.4. The van der Waals surface area contributed by atoms with Crippen molar-refractivity contribution in [3.05, 3.63) is 81.3 Å². The molecule has 0 aliphatic heterocycles. The third kappa shape index (κ3) is 4.12. The molecule has 2 heterocycles. The fraction of sp³-hybridized carbons (Fsp3) is 0.150. The van der Waals surface area contributed by atoms with Crippen LogP contribution in [0.5, 0.6) is 5.75 Å². The van der Waals surface area contributed by atoms with E-state index in [0.29, 0.717) is 15.4 Å². The van der Waals surface area contributed by atoms with E-state index in [9.17, 15) is 9.90 Å². The van der Waals surface area contributed by atoms with Gasteiger partial charge in [-0.3, -0.25) is 4.79 Å². The van der Waals surface area contributed by atoms with Gasteiger partial charge in [0.15, 0.2) is 11.3 Å². The van der Waals surface area contributed by atoms with E-state index >= 15 is 0 Å². The smallest absolute Gasteiger partial charge is 0.295 e. The van der Waals surface area contributed by atoms with Gasteiger partial charge in [0.05, 0.1) is 28.5 Å². The van der Waals surface area contributed by atoms with E-state index in [2.05, 4.69) is 10.2 Å². The Balaban J connectivity index is 1.52. The summed E-state index contributed by atoms with van der Waals surface area (Å²) in [5, 5.41) is 20.1. The van der Waals surface area contributed by atoms with Crippen molar-refractivity contribution in [3.63, 3.8) is 0 Å². The average molecular weight is 431 g/mol. The Kier molecular flexibility index (Phi) is 5.53. The molecule has 0 saturated carbocycles. The highest BCUT2D eigenvalue weighted by molar-refractivity contribution is 6.37. The number of aliphatic hydroxyl groups is 1. The number of fused-ring (bicyclic) bond motifs is 1. The van der Waals surface area contributed by atoms with Gasteiger partial charge in [0.25, 0.3) is 5.56 Å². The van der Waals surface area contributed by atoms with E-state index in [0.717, 1.165) is 10.4 Å². The van der Waals surface area contributed by atoms with E-state index in [-0.39, 0.29) is 24.4 Å². The molecule has 2 aromatic carbocycles. The molecule has 0 radical (unpaired) electrons. The number of benzene rings is 2. The average Bonchev–Trinajstić information content (AvgIpc) is 3.16. The van der Waals surface area contributed by atoms with E-state index < -0.39 is 11.7 Å². The van der Waals surface area contributed by atoms with Crippen molar-refractivity contribution in [2.45, 2.75) is 12.6 Å². The fourth-order valence-corrected chi connectivity index (χ4v) is 3.36. The second-order valence-corrected chi connectivity index (χ2v) is 7.18. The summed E-state index contributed by atoms with van der Waals surface area (Å²) in [5.41, 5.74) is 0.706. The van der Waals surface area contributed by atoms with Crippen LogP contribution in [0.2, 0.25) is 10.0 Å². The highest BCUT2D eigenvalue weighted by atomic mass is 35.5. The summed E-state index contributed by atoms with van der Waals surface area (Å²) in [5.74, 6) is 0.284. The predicted molar refractivity (Wildman–Crippen MR) is 111 cm³/mol. The molecule has 9 heteroatoms. The van der Waals surface area contributed by atoms with Crippen molar-refractivity contribution in [2.24, 2.45) is 0 Å². The van der Waals surface area contributed by atoms with Crippen LogP contribution < -0.4 is 10.3 Å². The van der Waals surface area contributed by atoms with Crippen molar-refractivity contribution >= 4 is 34.1 Å². The SMILES string of the molecule is O=c1c2nn(-c3ccccc3)cc2cnn1CC(O)COc1c(Cl)cccc1Cl. The van der Waals surface area contributed by atoms with Crippen LogP contribution in [0.4, 0.5) is 0 Å². The summed E-state index contributed by atoms with van der Waals surface area (Å²) in [7, 11) is 0. The molecule has 1 atom stereocenters. The zero-order valence-corrected chi connectivity index (χ0v) is 16.6. The molecule has 0 bridgehead atoms. The second kappa shape index (κ2) is 8.24. The maximum Gasteiger partial charge on any atom is 0.295 e. The molecule has 1 unspecified atom stereocenters. The number of halogens is 2. The number of hydrogen-bond donors (Lipinski definition) is 1. The molecule has 7 nitrogen and oxygen atoms in total. The first-order valence-electron chi connectivity index (χ1n) is 8.79. The molecular weight excluding hydrogens is 415 g/mol. The van der Waals surface area contributed by atoms with Gasteiger partial charge in [-0.25, -0.2) is 9.36 Å². The molecule has 0 aliphatic carbocycles. The molecule has 1 N–H and O–H groups in total. The van der Waals surface area contributed by atoms with Crippen molar-refractivity contribution in [2.75, 3.05) is 6.61 Å². The first-order valence-corrected chi connectivity index (χ1v) is 9.54. The third-order valence-electron chi connectivity index (χ3n) is 4.26. The van der Waals surface area contributed by atoms with Gasteiger partial charge in [0.1, 0.15) is 12.7 Å². The monoisotopic (exact) mass is 430 g/mol. The van der Waals surface area contributed by atoms with Crippen molar-refractivity contribution in [1.82, 2.24) is 19.6 Å². The predicted octanol–water partition coefficient (Wildman–Crippen LogP) is 3.33. The summed E-state index contributed by atoms with van der Waals surface area (Å²) >= 11 is 12.1. The summed E-state index contributed by atoms with van der Waals surface area (Å²) in [4.78, 5) is 12.7.